The van der Waals surface area contributed by atoms with E-state index in [1.54, 1.807) is 7.05 Å². The number of carbonyl (C=O) groups is 6. The van der Waals surface area contributed by atoms with Crippen molar-refractivity contribution in [2.45, 2.75) is 20.8 Å². The van der Waals surface area contributed by atoms with Crippen LogP contribution >= 0.6 is 0 Å². The Morgan fingerprint density at radius 2 is 0.727 bits per heavy atom. The van der Waals surface area contributed by atoms with Crippen molar-refractivity contribution in [3.05, 3.63) is 36.5 Å². The van der Waals surface area contributed by atoms with Gasteiger partial charge in [0.05, 0.1) is 26.7 Å². The Balaban J connectivity index is 4.72. The van der Waals surface area contributed by atoms with Gasteiger partial charge >= 0.3 is 36.2 Å². The summed E-state index contributed by atoms with van der Waals surface area (Å²) in [6.45, 7) is 15.5. The topological polar surface area (TPSA) is 194 Å². The van der Waals surface area contributed by atoms with Crippen LogP contribution < -0.4 is 16.0 Å². The summed E-state index contributed by atoms with van der Waals surface area (Å²) >= 11 is 0. The van der Waals surface area contributed by atoms with E-state index in [4.69, 9.17) is 28.4 Å². The Labute approximate surface area is 257 Å². The van der Waals surface area contributed by atoms with E-state index in [0.717, 1.165) is 0 Å². The lowest BCUT2D eigenvalue weighted by atomic mass is 10.3. The smallest absolute Gasteiger partial charge is 0.407 e. The minimum absolute atomic E-state index is 0.0333. The van der Waals surface area contributed by atoms with Crippen molar-refractivity contribution in [1.29, 1.82) is 0 Å². The normalized spacial score (nSPS) is 10.4. The Hall–Kier alpha value is -4.60. The van der Waals surface area contributed by atoms with Gasteiger partial charge in [0.2, 0.25) is 0 Å². The maximum Gasteiger partial charge on any atom is 0.407 e. The van der Waals surface area contributed by atoms with Crippen LogP contribution in [0.5, 0.6) is 0 Å². The third kappa shape index (κ3) is 20.3. The molecule has 0 aromatic rings. The number of nitrogens with one attached hydrogen (secondary N) is 3. The molecule has 0 aliphatic carbocycles. The zero-order chi connectivity index (χ0) is 33.5. The average Bonchev–Trinajstić information content (AvgIpc) is 2.95. The van der Waals surface area contributed by atoms with Crippen molar-refractivity contribution < 1.29 is 61.7 Å². The molecule has 0 heterocycles. The lowest BCUT2D eigenvalue weighted by molar-refractivity contribution is -0.909. The molecule has 16 nitrogen and oxygen atoms in total. The Morgan fingerprint density at radius 3 is 0.955 bits per heavy atom. The molecule has 3 amide bonds. The van der Waals surface area contributed by atoms with Crippen LogP contribution in [0.3, 0.4) is 0 Å². The zero-order valence-electron chi connectivity index (χ0n) is 26.0. The molecule has 3 N–H and O–H groups in total. The van der Waals surface area contributed by atoms with Crippen molar-refractivity contribution in [2.75, 3.05) is 86.0 Å². The van der Waals surface area contributed by atoms with E-state index >= 15 is 0 Å². The molecule has 0 atom stereocenters. The van der Waals surface area contributed by atoms with E-state index in [9.17, 15) is 28.8 Å². The SMILES string of the molecule is C=C(C)C(=O)OCCNC(=O)OCC[N+](C)(CCOC(=O)NCCOC(=O)C(=C)C)CCOC(=O)NCCOC(=O)C(=C)C. The summed E-state index contributed by atoms with van der Waals surface area (Å²) in [6.07, 6.45) is -2.18. The number of esters is 3. The molecule has 0 spiro atoms. The summed E-state index contributed by atoms with van der Waals surface area (Å²) < 4.78 is 30.4. The number of ether oxygens (including phenoxy) is 6. The molecule has 0 aliphatic heterocycles. The first-order valence-corrected chi connectivity index (χ1v) is 13.7. The first-order chi connectivity index (χ1) is 20.7. The van der Waals surface area contributed by atoms with Crippen molar-refractivity contribution in [3.8, 4) is 0 Å². The average molecular weight is 630 g/mol. The highest BCUT2D eigenvalue weighted by atomic mass is 16.6. The Bertz CT molecular complexity index is 917. The summed E-state index contributed by atoms with van der Waals surface area (Å²) in [4.78, 5) is 70.1. The van der Waals surface area contributed by atoms with Crippen LogP contribution in [-0.2, 0) is 42.8 Å². The number of likely N-dealkylation sites (N-methyl/N-ethyl adjacent to an activating group) is 1. The molecule has 16 heteroatoms. The van der Waals surface area contributed by atoms with Gasteiger partial charge in [0, 0.05) is 16.7 Å². The Morgan fingerprint density at radius 1 is 0.477 bits per heavy atom. The predicted molar refractivity (Wildman–Crippen MR) is 156 cm³/mol. The predicted octanol–water partition coefficient (Wildman–Crippen LogP) is 0.970. The molecule has 0 aromatic heterocycles. The lowest BCUT2D eigenvalue weighted by Crippen LogP contribution is -2.51. The third-order valence-electron chi connectivity index (χ3n) is 5.45. The number of quaternary nitrogens is 1. The first kappa shape index (κ1) is 39.4. The van der Waals surface area contributed by atoms with Crippen molar-refractivity contribution >= 4 is 36.2 Å². The van der Waals surface area contributed by atoms with Gasteiger partial charge in [0.25, 0.3) is 0 Å². The van der Waals surface area contributed by atoms with E-state index in [1.165, 1.54) is 20.8 Å². The second-order valence-electron chi connectivity index (χ2n) is 9.73. The molecule has 0 rings (SSSR count). The van der Waals surface area contributed by atoms with E-state index in [1.807, 2.05) is 0 Å². The monoisotopic (exact) mass is 629 g/mol. The van der Waals surface area contributed by atoms with Gasteiger partial charge in [0.1, 0.15) is 59.3 Å². The summed E-state index contributed by atoms with van der Waals surface area (Å²) in [5.74, 6) is -1.72. The molecule has 0 unspecified atom stereocenters. The minimum atomic E-state index is -0.728. The number of amides is 3. The molecule has 0 aromatic carbocycles. The second-order valence-corrected chi connectivity index (χ2v) is 9.73. The van der Waals surface area contributed by atoms with Gasteiger partial charge in [0.15, 0.2) is 0 Å². The first-order valence-electron chi connectivity index (χ1n) is 13.7. The molecule has 0 aliphatic rings. The molecule has 248 valence electrons. The quantitative estimate of drug-likeness (QED) is 0.0536. The van der Waals surface area contributed by atoms with Crippen LogP contribution in [0.15, 0.2) is 36.5 Å². The van der Waals surface area contributed by atoms with Gasteiger partial charge in [-0.25, -0.2) is 28.8 Å². The highest BCUT2D eigenvalue weighted by Gasteiger charge is 2.24. The highest BCUT2D eigenvalue weighted by Crippen LogP contribution is 2.04. The van der Waals surface area contributed by atoms with Crippen LogP contribution in [0.2, 0.25) is 0 Å². The van der Waals surface area contributed by atoms with Crippen molar-refractivity contribution in [3.63, 3.8) is 0 Å². The molecule has 0 radical (unpaired) electrons. The molecular weight excluding hydrogens is 584 g/mol. The number of rotatable bonds is 21. The molecule has 0 saturated heterocycles. The molecule has 0 bridgehead atoms. The van der Waals surface area contributed by atoms with Gasteiger partial charge in [-0.2, -0.15) is 0 Å². The summed E-state index contributed by atoms with van der Waals surface area (Å²) in [7, 11) is 1.79. The van der Waals surface area contributed by atoms with Crippen LogP contribution in [0.4, 0.5) is 14.4 Å². The van der Waals surface area contributed by atoms with Crippen LogP contribution in [0.25, 0.3) is 0 Å². The molecule has 0 fully saturated rings. The van der Waals surface area contributed by atoms with Crippen molar-refractivity contribution in [1.82, 2.24) is 16.0 Å². The maximum absolute atomic E-state index is 12.0. The lowest BCUT2D eigenvalue weighted by Gasteiger charge is -2.33. The number of nitrogens with zero attached hydrogens (tertiary/aromatic N) is 1. The van der Waals surface area contributed by atoms with Gasteiger partial charge in [-0.05, 0) is 20.8 Å². The summed E-state index contributed by atoms with van der Waals surface area (Å²) in [5.41, 5.74) is 0.710. The van der Waals surface area contributed by atoms with E-state index in [0.29, 0.717) is 0 Å². The largest absolute Gasteiger partial charge is 0.460 e. The van der Waals surface area contributed by atoms with Crippen LogP contribution in [-0.4, -0.2) is 127 Å². The zero-order valence-corrected chi connectivity index (χ0v) is 26.0. The number of carbonyl (C=O) groups excluding carboxylic acids is 6. The molecule has 44 heavy (non-hydrogen) atoms. The third-order valence-corrected chi connectivity index (χ3v) is 5.45. The van der Waals surface area contributed by atoms with Gasteiger partial charge < -0.3 is 48.9 Å². The van der Waals surface area contributed by atoms with Gasteiger partial charge in [-0.15, -0.1) is 0 Å². The van der Waals surface area contributed by atoms with E-state index in [2.05, 4.69) is 35.7 Å². The number of alkyl carbamates (subject to hydrolysis) is 3. The number of hydrogen-bond donors (Lipinski definition) is 3. The Kier molecular flexibility index (Phi) is 19.7. The molecular formula is C28H45N4O12+. The maximum atomic E-state index is 12.0. The number of hydrogen-bond acceptors (Lipinski definition) is 12. The highest BCUT2D eigenvalue weighted by molar-refractivity contribution is 5.87. The fraction of sp³-hybridized carbons (Fsp3) is 0.571. The standard InChI is InChI=1S/C28H44N4O12/c1-20(2)23(33)39-14-8-29-26(36)42-17-11-32(7,12-18-43-27(37)30-9-15-40-24(34)21(3)4)13-19-44-28(38)31-10-16-41-25(35)22(5)6/h1,3,5,8-19H2,2,4,6-7H3,(H2-,29,30,31,36,37,38)/p+1. The van der Waals surface area contributed by atoms with E-state index < -0.39 is 36.2 Å². The van der Waals surface area contributed by atoms with E-state index in [-0.39, 0.29) is 100 Å². The second kappa shape index (κ2) is 22.0. The summed E-state index contributed by atoms with van der Waals surface area (Å²) in [6, 6.07) is 0. The fourth-order valence-electron chi connectivity index (χ4n) is 2.82. The van der Waals surface area contributed by atoms with Gasteiger partial charge in [-0.3, -0.25) is 0 Å². The summed E-state index contributed by atoms with van der Waals surface area (Å²) in [5, 5.41) is 7.36. The molecule has 0 saturated carbocycles. The fourth-order valence-corrected chi connectivity index (χ4v) is 2.82. The van der Waals surface area contributed by atoms with Crippen LogP contribution in [0, 0.1) is 0 Å². The van der Waals surface area contributed by atoms with Crippen LogP contribution in [0.1, 0.15) is 20.8 Å². The van der Waals surface area contributed by atoms with Crippen molar-refractivity contribution in [2.24, 2.45) is 0 Å². The van der Waals surface area contributed by atoms with Gasteiger partial charge in [-0.1, -0.05) is 19.7 Å². The minimum Gasteiger partial charge on any atom is -0.460 e.